The third-order valence-electron chi connectivity index (χ3n) is 3.15. The van der Waals surface area contributed by atoms with E-state index in [1.54, 1.807) is 18.2 Å². The van der Waals surface area contributed by atoms with Crippen LogP contribution >= 0.6 is 0 Å². The molecule has 2 aromatic carbocycles. The lowest BCUT2D eigenvalue weighted by atomic mass is 10.2. The van der Waals surface area contributed by atoms with Gasteiger partial charge in [0.15, 0.2) is 5.96 Å². The Balaban J connectivity index is 2.12. The predicted molar refractivity (Wildman–Crippen MR) is 94.1 cm³/mol. The molecule has 0 atom stereocenters. The maximum absolute atomic E-state index is 13.2. The van der Waals surface area contributed by atoms with Crippen LogP contribution in [0.3, 0.4) is 0 Å². The highest BCUT2D eigenvalue weighted by atomic mass is 19.1. The molecule has 128 valence electrons. The van der Waals surface area contributed by atoms with Gasteiger partial charge in [-0.1, -0.05) is 12.1 Å². The molecule has 0 aliphatic carbocycles. The molecule has 2 rings (SSSR count). The van der Waals surface area contributed by atoms with Crippen molar-refractivity contribution in [3.63, 3.8) is 0 Å². The fraction of sp³-hybridized carbons (Fsp3) is 0.278. The van der Waals surface area contributed by atoms with Gasteiger partial charge in [-0.25, -0.2) is 9.38 Å². The van der Waals surface area contributed by atoms with Crippen LogP contribution in [-0.4, -0.2) is 19.2 Å². The first kappa shape index (κ1) is 17.6. The second kappa shape index (κ2) is 8.76. The number of rotatable bonds is 7. The van der Waals surface area contributed by atoms with E-state index in [1.807, 2.05) is 26.0 Å². The third-order valence-corrected chi connectivity index (χ3v) is 3.15. The molecule has 0 aliphatic heterocycles. The van der Waals surface area contributed by atoms with Crippen molar-refractivity contribution < 1.29 is 13.9 Å². The Morgan fingerprint density at radius 1 is 1.12 bits per heavy atom. The number of benzene rings is 2. The number of aliphatic imine (C=N–C) groups is 1. The molecule has 0 radical (unpaired) electrons. The number of hydrogen-bond donors (Lipinski definition) is 2. The van der Waals surface area contributed by atoms with Crippen molar-refractivity contribution in [1.29, 1.82) is 0 Å². The van der Waals surface area contributed by atoms with E-state index >= 15 is 0 Å². The van der Waals surface area contributed by atoms with Gasteiger partial charge in [0.1, 0.15) is 17.3 Å². The number of halogens is 1. The number of hydrogen-bond acceptors (Lipinski definition) is 3. The Hall–Kier alpha value is -2.76. The van der Waals surface area contributed by atoms with E-state index in [4.69, 9.17) is 15.2 Å². The highest BCUT2D eigenvalue weighted by Gasteiger charge is 2.07. The van der Waals surface area contributed by atoms with Gasteiger partial charge in [-0.2, -0.15) is 0 Å². The molecule has 6 heteroatoms. The number of anilines is 1. The minimum Gasteiger partial charge on any atom is -0.494 e. The molecule has 0 heterocycles. The van der Waals surface area contributed by atoms with Gasteiger partial charge in [0.25, 0.3) is 0 Å². The maximum Gasteiger partial charge on any atom is 0.193 e. The molecule has 0 aromatic heterocycles. The van der Waals surface area contributed by atoms with E-state index < -0.39 is 0 Å². The second-order valence-electron chi connectivity index (χ2n) is 4.98. The first-order valence-electron chi connectivity index (χ1n) is 7.83. The number of ether oxygens (including phenoxy) is 2. The minimum atomic E-state index is -0.294. The van der Waals surface area contributed by atoms with Crippen LogP contribution in [-0.2, 0) is 6.54 Å². The zero-order valence-corrected chi connectivity index (χ0v) is 13.9. The Kier molecular flexibility index (Phi) is 6.42. The van der Waals surface area contributed by atoms with Crippen LogP contribution in [0, 0.1) is 5.82 Å². The van der Waals surface area contributed by atoms with Crippen LogP contribution in [0.5, 0.6) is 11.5 Å². The summed E-state index contributed by atoms with van der Waals surface area (Å²) >= 11 is 0. The number of nitrogens with one attached hydrogen (secondary N) is 1. The summed E-state index contributed by atoms with van der Waals surface area (Å²) in [5.74, 6) is 1.29. The van der Waals surface area contributed by atoms with Gasteiger partial charge >= 0.3 is 0 Å². The predicted octanol–water partition coefficient (Wildman–Crippen LogP) is 3.55. The Morgan fingerprint density at radius 3 is 2.62 bits per heavy atom. The van der Waals surface area contributed by atoms with Crippen LogP contribution in [0.2, 0.25) is 0 Å². The number of nitrogens with zero attached hydrogens (tertiary/aromatic N) is 1. The normalized spacial score (nSPS) is 11.2. The van der Waals surface area contributed by atoms with E-state index in [1.165, 1.54) is 12.1 Å². The topological polar surface area (TPSA) is 68.9 Å². The van der Waals surface area contributed by atoms with E-state index in [-0.39, 0.29) is 18.3 Å². The highest BCUT2D eigenvalue weighted by molar-refractivity contribution is 5.94. The minimum absolute atomic E-state index is 0.217. The summed E-state index contributed by atoms with van der Waals surface area (Å²) in [6.07, 6.45) is 0. The zero-order chi connectivity index (χ0) is 17.4. The molecule has 0 saturated carbocycles. The summed E-state index contributed by atoms with van der Waals surface area (Å²) in [5, 5.41) is 3.01. The van der Waals surface area contributed by atoms with Gasteiger partial charge in [0.2, 0.25) is 0 Å². The lowest BCUT2D eigenvalue weighted by Gasteiger charge is -2.14. The van der Waals surface area contributed by atoms with Crippen LogP contribution < -0.4 is 20.5 Å². The molecule has 0 spiro atoms. The molecular weight excluding hydrogens is 309 g/mol. The average molecular weight is 331 g/mol. The maximum atomic E-state index is 13.2. The third kappa shape index (κ3) is 5.15. The van der Waals surface area contributed by atoms with E-state index in [2.05, 4.69) is 10.3 Å². The Bertz CT molecular complexity index is 704. The van der Waals surface area contributed by atoms with Crippen molar-refractivity contribution in [2.75, 3.05) is 18.5 Å². The van der Waals surface area contributed by atoms with Crippen LogP contribution in [0.1, 0.15) is 19.4 Å². The average Bonchev–Trinajstić information content (AvgIpc) is 2.56. The number of nitrogens with two attached hydrogens (primary N) is 1. The van der Waals surface area contributed by atoms with E-state index in [0.717, 1.165) is 5.56 Å². The first-order valence-corrected chi connectivity index (χ1v) is 7.83. The monoisotopic (exact) mass is 331 g/mol. The van der Waals surface area contributed by atoms with Gasteiger partial charge in [0.05, 0.1) is 25.4 Å². The smallest absolute Gasteiger partial charge is 0.193 e. The first-order chi connectivity index (χ1) is 11.6. The SMILES string of the molecule is CCOc1ccc(OCC)c(NC(N)=NCc2cccc(F)c2)c1. The Labute approximate surface area is 141 Å². The molecular formula is C18H22FN3O2. The van der Waals surface area contributed by atoms with E-state index in [9.17, 15) is 4.39 Å². The lowest BCUT2D eigenvalue weighted by molar-refractivity contribution is 0.332. The molecule has 3 N–H and O–H groups in total. The molecule has 0 bridgehead atoms. The van der Waals surface area contributed by atoms with Gasteiger partial charge in [-0.05, 0) is 43.7 Å². The molecule has 0 saturated heterocycles. The van der Waals surface area contributed by atoms with Crippen LogP contribution in [0.25, 0.3) is 0 Å². The molecule has 5 nitrogen and oxygen atoms in total. The van der Waals surface area contributed by atoms with Crippen molar-refractivity contribution in [3.05, 3.63) is 53.8 Å². The largest absolute Gasteiger partial charge is 0.494 e. The second-order valence-corrected chi connectivity index (χ2v) is 4.98. The van der Waals surface area contributed by atoms with E-state index in [0.29, 0.717) is 30.4 Å². The van der Waals surface area contributed by atoms with Crippen LogP contribution in [0.15, 0.2) is 47.5 Å². The lowest BCUT2D eigenvalue weighted by Crippen LogP contribution is -2.23. The highest BCUT2D eigenvalue weighted by Crippen LogP contribution is 2.29. The molecule has 0 fully saturated rings. The van der Waals surface area contributed by atoms with Gasteiger partial charge in [0, 0.05) is 6.07 Å². The standard InChI is InChI=1S/C18H22FN3O2/c1-3-23-15-8-9-17(24-4-2)16(11-15)22-18(20)21-12-13-6-5-7-14(19)10-13/h5-11H,3-4,12H2,1-2H3,(H3,20,21,22). The van der Waals surface area contributed by atoms with Gasteiger partial charge < -0.3 is 20.5 Å². The fourth-order valence-electron chi connectivity index (χ4n) is 2.13. The summed E-state index contributed by atoms with van der Waals surface area (Å²) in [5.41, 5.74) is 7.34. The number of guanidine groups is 1. The zero-order valence-electron chi connectivity index (χ0n) is 13.9. The summed E-state index contributed by atoms with van der Waals surface area (Å²) in [6.45, 7) is 5.20. The Morgan fingerprint density at radius 2 is 1.92 bits per heavy atom. The summed E-state index contributed by atoms with van der Waals surface area (Å²) in [7, 11) is 0. The quantitative estimate of drug-likeness (QED) is 0.601. The van der Waals surface area contributed by atoms with Gasteiger partial charge in [-0.3, -0.25) is 0 Å². The summed E-state index contributed by atoms with van der Waals surface area (Å²) in [6, 6.07) is 11.7. The summed E-state index contributed by atoms with van der Waals surface area (Å²) < 4.78 is 24.2. The molecule has 24 heavy (non-hydrogen) atoms. The molecule has 0 amide bonds. The molecule has 0 aliphatic rings. The van der Waals surface area contributed by atoms with Crippen molar-refractivity contribution in [2.24, 2.45) is 10.7 Å². The van der Waals surface area contributed by atoms with Crippen molar-refractivity contribution in [3.8, 4) is 11.5 Å². The van der Waals surface area contributed by atoms with Crippen LogP contribution in [0.4, 0.5) is 10.1 Å². The molecule has 0 unspecified atom stereocenters. The van der Waals surface area contributed by atoms with Crippen molar-refractivity contribution in [1.82, 2.24) is 0 Å². The van der Waals surface area contributed by atoms with Crippen molar-refractivity contribution in [2.45, 2.75) is 20.4 Å². The fourth-order valence-corrected chi connectivity index (χ4v) is 2.13. The molecule has 2 aromatic rings. The summed E-state index contributed by atoms with van der Waals surface area (Å²) in [4.78, 5) is 4.23. The van der Waals surface area contributed by atoms with Gasteiger partial charge in [-0.15, -0.1) is 0 Å². The van der Waals surface area contributed by atoms with Crippen molar-refractivity contribution >= 4 is 11.6 Å².